The van der Waals surface area contributed by atoms with Gasteiger partial charge in [0.25, 0.3) is 0 Å². The highest BCUT2D eigenvalue weighted by atomic mass is 32.2. The molecule has 0 aliphatic heterocycles. The number of carbonyl (C=O) groups excluding carboxylic acids is 1. The zero-order chi connectivity index (χ0) is 32.8. The van der Waals surface area contributed by atoms with Gasteiger partial charge >= 0.3 is 5.97 Å². The van der Waals surface area contributed by atoms with E-state index in [1.807, 2.05) is 60.3 Å². The third kappa shape index (κ3) is 9.35. The number of ether oxygens (including phenoxy) is 2. The van der Waals surface area contributed by atoms with Crippen LogP contribution in [0.2, 0.25) is 0 Å². The van der Waals surface area contributed by atoms with Crippen molar-refractivity contribution in [2.75, 3.05) is 12.9 Å². The SMILES string of the molecule is COc1ccc(COC(/C=C/CCSC(c2ccccc2)(c2ccccc2)c2ccccc2)CC(=O)N[C@@H](C(=O)O)C(C)C)cc1. The molecular weight excluding hydrogens is 594 g/mol. The minimum atomic E-state index is -1.05. The minimum Gasteiger partial charge on any atom is -0.497 e. The first-order chi connectivity index (χ1) is 22.3. The van der Waals surface area contributed by atoms with E-state index in [1.165, 1.54) is 16.7 Å². The first-order valence-electron chi connectivity index (χ1n) is 15.6. The van der Waals surface area contributed by atoms with Gasteiger partial charge in [-0.15, -0.1) is 11.8 Å². The molecule has 2 atom stereocenters. The van der Waals surface area contributed by atoms with Crippen molar-refractivity contribution in [3.8, 4) is 5.75 Å². The number of carboxylic acid groups (broad SMARTS) is 1. The van der Waals surface area contributed by atoms with E-state index in [9.17, 15) is 14.7 Å². The zero-order valence-electron chi connectivity index (χ0n) is 26.7. The van der Waals surface area contributed by atoms with Gasteiger partial charge in [-0.2, -0.15) is 0 Å². The number of carbonyl (C=O) groups is 2. The van der Waals surface area contributed by atoms with E-state index in [0.717, 1.165) is 23.5 Å². The lowest BCUT2D eigenvalue weighted by Gasteiger charge is -2.35. The highest BCUT2D eigenvalue weighted by Crippen LogP contribution is 2.48. The summed E-state index contributed by atoms with van der Waals surface area (Å²) in [6.07, 6.45) is 4.20. The van der Waals surface area contributed by atoms with Gasteiger partial charge in [0.05, 0.1) is 31.0 Å². The monoisotopic (exact) mass is 637 g/mol. The van der Waals surface area contributed by atoms with Gasteiger partial charge in [0.2, 0.25) is 5.91 Å². The topological polar surface area (TPSA) is 84.9 Å². The summed E-state index contributed by atoms with van der Waals surface area (Å²) in [4.78, 5) is 24.6. The van der Waals surface area contributed by atoms with Gasteiger partial charge in [0.1, 0.15) is 11.8 Å². The predicted molar refractivity (Wildman–Crippen MR) is 186 cm³/mol. The molecule has 0 aliphatic carbocycles. The number of amides is 1. The predicted octanol–water partition coefficient (Wildman–Crippen LogP) is 7.87. The molecule has 0 saturated carbocycles. The molecule has 4 aromatic rings. The molecule has 46 heavy (non-hydrogen) atoms. The third-order valence-electron chi connectivity index (χ3n) is 7.75. The summed E-state index contributed by atoms with van der Waals surface area (Å²) in [6, 6.07) is 38.4. The van der Waals surface area contributed by atoms with Crippen LogP contribution in [0.1, 0.15) is 48.9 Å². The number of carboxylic acids is 1. The molecule has 2 N–H and O–H groups in total. The summed E-state index contributed by atoms with van der Waals surface area (Å²) >= 11 is 1.87. The lowest BCUT2D eigenvalue weighted by Crippen LogP contribution is -2.45. The smallest absolute Gasteiger partial charge is 0.326 e. The molecule has 0 spiro atoms. The Morgan fingerprint density at radius 2 is 1.35 bits per heavy atom. The van der Waals surface area contributed by atoms with Crippen molar-refractivity contribution >= 4 is 23.6 Å². The summed E-state index contributed by atoms with van der Waals surface area (Å²) in [6.45, 7) is 3.84. The van der Waals surface area contributed by atoms with Crippen molar-refractivity contribution in [1.29, 1.82) is 0 Å². The molecule has 4 rings (SSSR count). The number of benzene rings is 4. The highest BCUT2D eigenvalue weighted by Gasteiger charge is 2.36. The molecule has 1 unspecified atom stereocenters. The Morgan fingerprint density at radius 3 is 1.80 bits per heavy atom. The number of methoxy groups -OCH3 is 1. The fourth-order valence-corrected chi connectivity index (χ4v) is 6.80. The highest BCUT2D eigenvalue weighted by molar-refractivity contribution is 8.00. The third-order valence-corrected chi connectivity index (χ3v) is 9.33. The number of thioether (sulfide) groups is 1. The Kier molecular flexibility index (Phi) is 13.1. The van der Waals surface area contributed by atoms with Crippen molar-refractivity contribution in [3.05, 3.63) is 150 Å². The van der Waals surface area contributed by atoms with Crippen molar-refractivity contribution in [2.45, 2.75) is 50.2 Å². The molecule has 6 nitrogen and oxygen atoms in total. The Morgan fingerprint density at radius 1 is 0.826 bits per heavy atom. The van der Waals surface area contributed by atoms with Crippen LogP contribution >= 0.6 is 11.8 Å². The van der Waals surface area contributed by atoms with E-state index in [1.54, 1.807) is 21.0 Å². The number of nitrogens with one attached hydrogen (secondary N) is 1. The van der Waals surface area contributed by atoms with Crippen LogP contribution in [0.15, 0.2) is 127 Å². The van der Waals surface area contributed by atoms with Crippen molar-refractivity contribution in [2.24, 2.45) is 5.92 Å². The Bertz CT molecular complexity index is 1430. The standard InChI is InChI=1S/C39H43NO5S/c1-29(2)37(38(42)43)40-36(41)27-35(45-28-30-22-24-34(44-3)25-23-30)21-13-14-26-46-39(31-15-7-4-8-16-31,32-17-9-5-10-18-32)33-19-11-6-12-20-33/h4-13,15-25,29,35,37H,14,26-28H2,1-3H3,(H,40,41)(H,42,43)/b21-13+/t35?,37-/m1/s1. The number of allylic oxidation sites excluding steroid dienone is 1. The largest absolute Gasteiger partial charge is 0.497 e. The maximum Gasteiger partial charge on any atom is 0.326 e. The molecule has 1 amide bonds. The van der Waals surface area contributed by atoms with E-state index >= 15 is 0 Å². The summed E-state index contributed by atoms with van der Waals surface area (Å²) < 4.78 is 11.0. The van der Waals surface area contributed by atoms with Gasteiger partial charge < -0.3 is 19.9 Å². The van der Waals surface area contributed by atoms with Crippen molar-refractivity contribution in [1.82, 2.24) is 5.32 Å². The Balaban J connectivity index is 1.52. The first kappa shape index (κ1) is 34.5. The lowest BCUT2D eigenvalue weighted by atomic mass is 9.84. The number of hydrogen-bond acceptors (Lipinski definition) is 5. The number of aliphatic carboxylic acids is 1. The van der Waals surface area contributed by atoms with E-state index < -0.39 is 22.9 Å². The van der Waals surface area contributed by atoms with Crippen LogP contribution in [0.5, 0.6) is 5.75 Å². The summed E-state index contributed by atoms with van der Waals surface area (Å²) in [7, 11) is 1.62. The van der Waals surface area contributed by atoms with E-state index in [4.69, 9.17) is 9.47 Å². The van der Waals surface area contributed by atoms with Crippen LogP contribution in [0.4, 0.5) is 0 Å². The molecule has 0 saturated heterocycles. The second kappa shape index (κ2) is 17.4. The van der Waals surface area contributed by atoms with Crippen molar-refractivity contribution < 1.29 is 24.2 Å². The van der Waals surface area contributed by atoms with Crippen LogP contribution in [0.3, 0.4) is 0 Å². The van der Waals surface area contributed by atoms with Gasteiger partial charge in [0.15, 0.2) is 0 Å². The fourth-order valence-electron chi connectivity index (χ4n) is 5.33. The van der Waals surface area contributed by atoms with E-state index in [2.05, 4.69) is 84.2 Å². The number of hydrogen-bond donors (Lipinski definition) is 2. The maximum absolute atomic E-state index is 12.9. The van der Waals surface area contributed by atoms with Crippen LogP contribution in [0, 0.1) is 5.92 Å². The minimum absolute atomic E-state index is 0.0122. The molecule has 0 bridgehead atoms. The molecule has 4 aromatic carbocycles. The molecule has 0 radical (unpaired) electrons. The second-order valence-corrected chi connectivity index (χ2v) is 12.7. The average Bonchev–Trinajstić information content (AvgIpc) is 3.08. The molecular formula is C39H43NO5S. The van der Waals surface area contributed by atoms with Crippen LogP contribution < -0.4 is 10.1 Å². The zero-order valence-corrected chi connectivity index (χ0v) is 27.5. The fraction of sp³-hybridized carbons (Fsp3) is 0.282. The Hall–Kier alpha value is -4.33. The van der Waals surface area contributed by atoms with Gasteiger partial charge in [-0.3, -0.25) is 4.79 Å². The molecule has 0 fully saturated rings. The number of rotatable bonds is 17. The summed E-state index contributed by atoms with van der Waals surface area (Å²) in [5.41, 5.74) is 4.56. The normalized spacial score (nSPS) is 13.0. The van der Waals surface area contributed by atoms with Crippen LogP contribution in [-0.4, -0.2) is 42.0 Å². The van der Waals surface area contributed by atoms with Crippen LogP contribution in [-0.2, 0) is 25.7 Å². The first-order valence-corrected chi connectivity index (χ1v) is 16.6. The molecule has 240 valence electrons. The quantitative estimate of drug-likeness (QED) is 0.0697. The Labute approximate surface area is 276 Å². The van der Waals surface area contributed by atoms with Gasteiger partial charge in [0, 0.05) is 0 Å². The van der Waals surface area contributed by atoms with Crippen LogP contribution in [0.25, 0.3) is 0 Å². The molecule has 0 aliphatic rings. The average molecular weight is 638 g/mol. The maximum atomic E-state index is 12.9. The molecule has 7 heteroatoms. The van der Waals surface area contributed by atoms with Gasteiger partial charge in [-0.25, -0.2) is 4.79 Å². The lowest BCUT2D eigenvalue weighted by molar-refractivity contribution is -0.143. The van der Waals surface area contributed by atoms with E-state index in [-0.39, 0.29) is 18.2 Å². The summed E-state index contributed by atoms with van der Waals surface area (Å²) in [5.74, 6) is -0.0996. The van der Waals surface area contributed by atoms with Gasteiger partial charge in [-0.05, 0) is 52.5 Å². The summed E-state index contributed by atoms with van der Waals surface area (Å²) in [5, 5.41) is 12.2. The van der Waals surface area contributed by atoms with E-state index in [0.29, 0.717) is 6.61 Å². The molecule has 0 aromatic heterocycles. The molecule has 0 heterocycles. The van der Waals surface area contributed by atoms with Gasteiger partial charge in [-0.1, -0.05) is 129 Å². The van der Waals surface area contributed by atoms with Crippen molar-refractivity contribution in [3.63, 3.8) is 0 Å². The second-order valence-electron chi connectivity index (χ2n) is 11.4.